The fourth-order valence-corrected chi connectivity index (χ4v) is 4.04. The van der Waals surface area contributed by atoms with Crippen LogP contribution in [-0.4, -0.2) is 53.6 Å². The number of hydrogen-bond donors (Lipinski definition) is 1. The van der Waals surface area contributed by atoms with Gasteiger partial charge in [0.2, 0.25) is 0 Å². The van der Waals surface area contributed by atoms with Crippen LogP contribution in [-0.2, 0) is 0 Å². The maximum absolute atomic E-state index is 12.2. The van der Waals surface area contributed by atoms with Gasteiger partial charge in [-0.15, -0.1) is 0 Å². The zero-order valence-electron chi connectivity index (χ0n) is 16.3. The third-order valence-corrected chi connectivity index (χ3v) is 5.63. The van der Waals surface area contributed by atoms with Crippen LogP contribution in [0.2, 0.25) is 0 Å². The monoisotopic (exact) mass is 388 g/mol. The van der Waals surface area contributed by atoms with E-state index in [1.165, 1.54) is 5.69 Å². The van der Waals surface area contributed by atoms with Crippen LogP contribution in [0.25, 0.3) is 16.6 Å². The number of para-hydroxylation sites is 1. The van der Waals surface area contributed by atoms with E-state index in [0.29, 0.717) is 12.1 Å². The van der Waals surface area contributed by atoms with Crippen molar-refractivity contribution in [2.45, 2.75) is 0 Å². The van der Waals surface area contributed by atoms with E-state index < -0.39 is 0 Å². The molecule has 0 radical (unpaired) electrons. The van der Waals surface area contributed by atoms with Crippen molar-refractivity contribution in [1.82, 2.24) is 14.3 Å². The quantitative estimate of drug-likeness (QED) is 0.571. The van der Waals surface area contributed by atoms with E-state index in [4.69, 9.17) is 4.74 Å². The van der Waals surface area contributed by atoms with Crippen molar-refractivity contribution in [2.75, 3.05) is 44.2 Å². The Morgan fingerprint density at radius 1 is 0.897 bits per heavy atom. The summed E-state index contributed by atoms with van der Waals surface area (Å²) in [4.78, 5) is 20.0. The highest BCUT2D eigenvalue weighted by molar-refractivity contribution is 5.79. The average Bonchev–Trinajstić information content (AvgIpc) is 3.26. The van der Waals surface area contributed by atoms with E-state index in [-0.39, 0.29) is 5.56 Å². The Balaban J connectivity index is 1.18. The summed E-state index contributed by atoms with van der Waals surface area (Å²) in [6.07, 6.45) is 1.91. The van der Waals surface area contributed by atoms with Gasteiger partial charge in [0.25, 0.3) is 5.56 Å². The molecule has 1 fully saturated rings. The molecule has 0 bridgehead atoms. The Hall–Kier alpha value is -3.25. The molecule has 0 atom stereocenters. The number of piperazine rings is 1. The Kier molecular flexibility index (Phi) is 4.69. The molecule has 0 aliphatic carbocycles. The van der Waals surface area contributed by atoms with Gasteiger partial charge in [0.05, 0.1) is 11.0 Å². The third-order valence-electron chi connectivity index (χ3n) is 5.63. The predicted molar refractivity (Wildman–Crippen MR) is 116 cm³/mol. The number of nitrogens with zero attached hydrogens (tertiary/aromatic N) is 3. The first-order chi connectivity index (χ1) is 14.3. The van der Waals surface area contributed by atoms with Crippen LogP contribution in [0.5, 0.6) is 5.75 Å². The second-order valence-corrected chi connectivity index (χ2v) is 7.41. The summed E-state index contributed by atoms with van der Waals surface area (Å²) in [5, 5.41) is 0. The largest absolute Gasteiger partial charge is 0.492 e. The maximum atomic E-state index is 12.2. The highest BCUT2D eigenvalue weighted by atomic mass is 16.5. The van der Waals surface area contributed by atoms with Crippen molar-refractivity contribution in [3.05, 3.63) is 77.2 Å². The Labute approximate surface area is 168 Å². The number of aromatic nitrogens is 2. The number of H-pyrrole nitrogens is 1. The molecule has 0 amide bonds. The molecule has 1 saturated heterocycles. The van der Waals surface area contributed by atoms with E-state index in [0.717, 1.165) is 49.5 Å². The van der Waals surface area contributed by atoms with Crippen molar-refractivity contribution in [2.24, 2.45) is 0 Å². The maximum Gasteiger partial charge on any atom is 0.272 e. The standard InChI is InChI=1S/C23H24N4O2/c28-23-22-7-4-10-27(22)21-9-8-19(17-20(21)24-23)29-16-15-25-11-13-26(14-12-25)18-5-2-1-3-6-18/h1-10,17H,11-16H2,(H,24,28). The lowest BCUT2D eigenvalue weighted by Gasteiger charge is -2.36. The molecule has 29 heavy (non-hydrogen) atoms. The zero-order chi connectivity index (χ0) is 19.6. The fourth-order valence-electron chi connectivity index (χ4n) is 4.04. The van der Waals surface area contributed by atoms with E-state index in [1.54, 1.807) is 0 Å². The van der Waals surface area contributed by atoms with E-state index >= 15 is 0 Å². The molecule has 6 heteroatoms. The molecule has 5 rings (SSSR count). The molecule has 0 unspecified atom stereocenters. The topological polar surface area (TPSA) is 53.0 Å². The number of fused-ring (bicyclic) bond motifs is 3. The average molecular weight is 388 g/mol. The number of aromatic amines is 1. The highest BCUT2D eigenvalue weighted by Gasteiger charge is 2.16. The van der Waals surface area contributed by atoms with Gasteiger partial charge in [0.15, 0.2) is 0 Å². The molecule has 0 spiro atoms. The van der Waals surface area contributed by atoms with Crippen LogP contribution < -0.4 is 15.2 Å². The molecule has 2 aromatic heterocycles. The molecule has 3 heterocycles. The van der Waals surface area contributed by atoms with Gasteiger partial charge < -0.3 is 19.0 Å². The second kappa shape index (κ2) is 7.64. The van der Waals surface area contributed by atoms with Crippen LogP contribution >= 0.6 is 0 Å². The predicted octanol–water partition coefficient (Wildman–Crippen LogP) is 2.98. The lowest BCUT2D eigenvalue weighted by atomic mass is 10.2. The molecule has 1 aliphatic rings. The highest BCUT2D eigenvalue weighted by Crippen LogP contribution is 2.20. The number of anilines is 1. The molecule has 1 aliphatic heterocycles. The Bertz CT molecular complexity index is 1170. The first-order valence-corrected chi connectivity index (χ1v) is 10.1. The van der Waals surface area contributed by atoms with Gasteiger partial charge in [0, 0.05) is 50.7 Å². The van der Waals surface area contributed by atoms with Gasteiger partial charge in [-0.2, -0.15) is 0 Å². The molecular formula is C23H24N4O2. The van der Waals surface area contributed by atoms with Gasteiger partial charge >= 0.3 is 0 Å². The summed E-state index contributed by atoms with van der Waals surface area (Å²) >= 11 is 0. The van der Waals surface area contributed by atoms with Gasteiger partial charge in [-0.05, 0) is 36.4 Å². The molecule has 1 N–H and O–H groups in total. The van der Waals surface area contributed by atoms with Crippen molar-refractivity contribution < 1.29 is 4.74 Å². The van der Waals surface area contributed by atoms with Crippen molar-refractivity contribution >= 4 is 22.2 Å². The second-order valence-electron chi connectivity index (χ2n) is 7.41. The van der Waals surface area contributed by atoms with Crippen molar-refractivity contribution in [3.63, 3.8) is 0 Å². The summed E-state index contributed by atoms with van der Waals surface area (Å²) in [7, 11) is 0. The Morgan fingerprint density at radius 3 is 2.55 bits per heavy atom. The van der Waals surface area contributed by atoms with E-state index in [2.05, 4.69) is 45.1 Å². The molecule has 4 aromatic rings. The van der Waals surface area contributed by atoms with Gasteiger partial charge in [-0.1, -0.05) is 18.2 Å². The minimum atomic E-state index is -0.0871. The van der Waals surface area contributed by atoms with E-state index in [1.807, 2.05) is 40.9 Å². The summed E-state index contributed by atoms with van der Waals surface area (Å²) in [6.45, 7) is 5.67. The van der Waals surface area contributed by atoms with Gasteiger partial charge in [0.1, 0.15) is 17.9 Å². The molecule has 2 aromatic carbocycles. The van der Waals surface area contributed by atoms with Crippen LogP contribution in [0.4, 0.5) is 5.69 Å². The molecule has 148 valence electrons. The first-order valence-electron chi connectivity index (χ1n) is 10.1. The number of rotatable bonds is 5. The lowest BCUT2D eigenvalue weighted by molar-refractivity contribution is 0.200. The zero-order valence-corrected chi connectivity index (χ0v) is 16.3. The minimum Gasteiger partial charge on any atom is -0.492 e. The van der Waals surface area contributed by atoms with Crippen LogP contribution in [0, 0.1) is 0 Å². The van der Waals surface area contributed by atoms with Crippen LogP contribution in [0.1, 0.15) is 0 Å². The van der Waals surface area contributed by atoms with Crippen LogP contribution in [0.3, 0.4) is 0 Å². The summed E-state index contributed by atoms with van der Waals surface area (Å²) in [6, 6.07) is 20.1. The number of benzene rings is 2. The first kappa shape index (κ1) is 17.8. The van der Waals surface area contributed by atoms with Crippen molar-refractivity contribution in [1.29, 1.82) is 0 Å². The summed E-state index contributed by atoms with van der Waals surface area (Å²) in [5.74, 6) is 0.780. The van der Waals surface area contributed by atoms with Crippen molar-refractivity contribution in [3.8, 4) is 5.75 Å². The lowest BCUT2D eigenvalue weighted by Crippen LogP contribution is -2.47. The summed E-state index contributed by atoms with van der Waals surface area (Å²) in [5.41, 5.74) is 3.61. The smallest absolute Gasteiger partial charge is 0.272 e. The SMILES string of the molecule is O=c1[nH]c2cc(OCCN3CCN(c4ccccc4)CC3)ccc2n2cccc12. The number of ether oxygens (including phenoxy) is 1. The minimum absolute atomic E-state index is 0.0871. The third kappa shape index (κ3) is 3.59. The van der Waals surface area contributed by atoms with E-state index in [9.17, 15) is 4.79 Å². The van der Waals surface area contributed by atoms with Gasteiger partial charge in [-0.25, -0.2) is 0 Å². The van der Waals surface area contributed by atoms with Gasteiger partial charge in [-0.3, -0.25) is 9.69 Å². The molecule has 0 saturated carbocycles. The molecule has 6 nitrogen and oxygen atoms in total. The normalized spacial score (nSPS) is 15.2. The number of nitrogens with one attached hydrogen (secondary N) is 1. The summed E-state index contributed by atoms with van der Waals surface area (Å²) < 4.78 is 7.88. The van der Waals surface area contributed by atoms with Crippen LogP contribution in [0.15, 0.2) is 71.7 Å². The fraction of sp³-hybridized carbons (Fsp3) is 0.261. The number of hydrogen-bond acceptors (Lipinski definition) is 4. The molecular weight excluding hydrogens is 364 g/mol. The Morgan fingerprint density at radius 2 is 1.72 bits per heavy atom.